The zero-order valence-corrected chi connectivity index (χ0v) is 24.5. The van der Waals surface area contributed by atoms with Crippen molar-refractivity contribution in [2.24, 2.45) is 5.41 Å². The molecular weight excluding hydrogens is 528 g/mol. The predicted octanol–water partition coefficient (Wildman–Crippen LogP) is 6.77. The minimum atomic E-state index is -4.63. The number of sulfonamides is 1. The fourth-order valence-corrected chi connectivity index (χ4v) is 5.78. The molecule has 0 radical (unpaired) electrons. The second-order valence-electron chi connectivity index (χ2n) is 11.0. The summed E-state index contributed by atoms with van der Waals surface area (Å²) in [6.45, 7) is 9.72. The van der Waals surface area contributed by atoms with Crippen molar-refractivity contribution in [1.29, 1.82) is 5.26 Å². The van der Waals surface area contributed by atoms with Crippen LogP contribution >= 0.6 is 0 Å². The van der Waals surface area contributed by atoms with E-state index in [1.54, 1.807) is 31.4 Å². The van der Waals surface area contributed by atoms with Gasteiger partial charge in [-0.3, -0.25) is 0 Å². The Bertz CT molecular complexity index is 1470. The van der Waals surface area contributed by atoms with Gasteiger partial charge in [0.15, 0.2) is 0 Å². The Balaban J connectivity index is 2.01. The summed E-state index contributed by atoms with van der Waals surface area (Å²) < 4.78 is 39.3. The van der Waals surface area contributed by atoms with Crippen molar-refractivity contribution in [2.45, 2.75) is 58.0 Å². The van der Waals surface area contributed by atoms with Gasteiger partial charge in [0.25, 0.3) is 10.0 Å². The molecule has 40 heavy (non-hydrogen) atoms. The third-order valence-electron chi connectivity index (χ3n) is 6.81. The van der Waals surface area contributed by atoms with Gasteiger partial charge < -0.3 is 14.6 Å². The van der Waals surface area contributed by atoms with Gasteiger partial charge in [0.1, 0.15) is 23.0 Å². The number of hydrogen-bond acceptors (Lipinski definition) is 6. The van der Waals surface area contributed by atoms with Gasteiger partial charge in [0.2, 0.25) is 0 Å². The molecule has 3 aromatic carbocycles. The number of amides is 1. The van der Waals surface area contributed by atoms with E-state index in [9.17, 15) is 23.6 Å². The SMILES string of the molecule is COc1ccc(COc2ccc(C#N)cc2S(=O)(=O)N(CC(c2ccc(C(C)C)cc2)C(C)(C)C)C(=O)O)cc1. The van der Waals surface area contributed by atoms with E-state index in [1.165, 1.54) is 12.1 Å². The molecule has 1 atom stereocenters. The average Bonchev–Trinajstić information content (AvgIpc) is 2.91. The quantitative estimate of drug-likeness (QED) is 0.289. The van der Waals surface area contributed by atoms with Gasteiger partial charge >= 0.3 is 6.09 Å². The van der Waals surface area contributed by atoms with Gasteiger partial charge in [0.05, 0.1) is 18.7 Å². The lowest BCUT2D eigenvalue weighted by Crippen LogP contribution is -2.41. The molecule has 1 unspecified atom stereocenters. The molecule has 1 N–H and O–H groups in total. The predicted molar refractivity (Wildman–Crippen MR) is 153 cm³/mol. The second-order valence-corrected chi connectivity index (χ2v) is 12.8. The van der Waals surface area contributed by atoms with Crippen LogP contribution in [-0.2, 0) is 16.6 Å². The first-order chi connectivity index (χ1) is 18.8. The number of nitriles is 1. The highest BCUT2D eigenvalue weighted by Crippen LogP contribution is 2.38. The van der Waals surface area contributed by atoms with Crippen molar-refractivity contribution in [1.82, 2.24) is 4.31 Å². The Morgan fingerprint density at radius 2 is 1.60 bits per heavy atom. The van der Waals surface area contributed by atoms with Gasteiger partial charge in [0, 0.05) is 12.5 Å². The molecule has 1 amide bonds. The van der Waals surface area contributed by atoms with Crippen molar-refractivity contribution >= 4 is 16.1 Å². The molecule has 0 spiro atoms. The molecule has 0 saturated carbocycles. The molecule has 3 aromatic rings. The summed E-state index contributed by atoms with van der Waals surface area (Å²) in [5.74, 6) is 0.494. The van der Waals surface area contributed by atoms with E-state index in [4.69, 9.17) is 9.47 Å². The standard InChI is InChI=1S/C31H36N2O6S/c1-21(2)24-10-12-25(13-11-24)27(31(3,4)5)19-33(30(34)35)40(36,37)29-17-23(18-32)9-16-28(29)39-20-22-7-14-26(38-6)15-8-22/h7-17,21,27H,19-20H2,1-6H3,(H,34,35). The second kappa shape index (κ2) is 12.4. The Morgan fingerprint density at radius 1 is 1.00 bits per heavy atom. The van der Waals surface area contributed by atoms with Crippen molar-refractivity contribution in [3.8, 4) is 17.6 Å². The monoisotopic (exact) mass is 564 g/mol. The van der Waals surface area contributed by atoms with E-state index in [2.05, 4.69) is 13.8 Å². The number of ether oxygens (including phenoxy) is 2. The normalized spacial score (nSPS) is 12.4. The number of carboxylic acid groups (broad SMARTS) is 1. The van der Waals surface area contributed by atoms with Crippen LogP contribution in [0, 0.1) is 16.7 Å². The van der Waals surface area contributed by atoms with Crippen LogP contribution in [0.2, 0.25) is 0 Å². The molecule has 0 aliphatic rings. The van der Waals surface area contributed by atoms with Crippen LogP contribution in [0.5, 0.6) is 11.5 Å². The minimum Gasteiger partial charge on any atom is -0.497 e. The van der Waals surface area contributed by atoms with Crippen LogP contribution in [0.4, 0.5) is 4.79 Å². The number of nitrogens with zero attached hydrogens (tertiary/aromatic N) is 2. The van der Waals surface area contributed by atoms with E-state index in [-0.39, 0.29) is 29.4 Å². The smallest absolute Gasteiger partial charge is 0.421 e. The van der Waals surface area contributed by atoms with Crippen molar-refractivity contribution in [3.63, 3.8) is 0 Å². The highest BCUT2D eigenvalue weighted by atomic mass is 32.2. The number of carbonyl (C=O) groups is 1. The zero-order valence-electron chi connectivity index (χ0n) is 23.7. The molecule has 8 nitrogen and oxygen atoms in total. The van der Waals surface area contributed by atoms with Crippen molar-refractivity contribution in [2.75, 3.05) is 13.7 Å². The first kappa shape index (κ1) is 30.5. The molecule has 0 bridgehead atoms. The third-order valence-corrected chi connectivity index (χ3v) is 8.57. The highest BCUT2D eigenvalue weighted by molar-refractivity contribution is 7.89. The summed E-state index contributed by atoms with van der Waals surface area (Å²) in [5, 5.41) is 19.6. The van der Waals surface area contributed by atoms with Crippen LogP contribution in [-0.4, -0.2) is 37.6 Å². The van der Waals surface area contributed by atoms with Gasteiger partial charge in [-0.25, -0.2) is 13.2 Å². The Labute approximate surface area is 236 Å². The number of hydrogen-bond donors (Lipinski definition) is 1. The molecule has 0 fully saturated rings. The molecule has 0 aliphatic carbocycles. The van der Waals surface area contributed by atoms with Crippen LogP contribution < -0.4 is 9.47 Å². The summed E-state index contributed by atoms with van der Waals surface area (Å²) in [5.41, 5.74) is 2.31. The van der Waals surface area contributed by atoms with Crippen LogP contribution in [0.3, 0.4) is 0 Å². The van der Waals surface area contributed by atoms with Gasteiger partial charge in [-0.2, -0.15) is 9.57 Å². The minimum absolute atomic E-state index is 0.0261. The van der Waals surface area contributed by atoms with E-state index in [1.807, 2.05) is 51.1 Å². The van der Waals surface area contributed by atoms with Gasteiger partial charge in [-0.15, -0.1) is 0 Å². The third kappa shape index (κ3) is 7.13. The zero-order chi connectivity index (χ0) is 29.7. The van der Waals surface area contributed by atoms with Crippen LogP contribution in [0.1, 0.15) is 68.7 Å². The fraction of sp³-hybridized carbons (Fsp3) is 0.355. The summed E-state index contributed by atoms with van der Waals surface area (Å²) in [4.78, 5) is 12.1. The van der Waals surface area contributed by atoms with Gasteiger partial charge in [-0.1, -0.05) is 71.0 Å². The first-order valence-corrected chi connectivity index (χ1v) is 14.4. The number of methoxy groups -OCH3 is 1. The maximum atomic E-state index is 13.9. The molecule has 0 saturated heterocycles. The largest absolute Gasteiger partial charge is 0.497 e. The maximum absolute atomic E-state index is 13.9. The molecule has 3 rings (SSSR count). The summed E-state index contributed by atoms with van der Waals surface area (Å²) >= 11 is 0. The summed E-state index contributed by atoms with van der Waals surface area (Å²) in [7, 11) is -3.07. The van der Waals surface area contributed by atoms with Crippen LogP contribution in [0.15, 0.2) is 71.6 Å². The molecular formula is C31H36N2O6S. The van der Waals surface area contributed by atoms with E-state index in [0.29, 0.717) is 16.0 Å². The topological polar surface area (TPSA) is 117 Å². The lowest BCUT2D eigenvalue weighted by Gasteiger charge is -2.34. The lowest BCUT2D eigenvalue weighted by molar-refractivity contribution is 0.163. The molecule has 9 heteroatoms. The van der Waals surface area contributed by atoms with E-state index >= 15 is 0 Å². The molecule has 0 aliphatic heterocycles. The van der Waals surface area contributed by atoms with E-state index in [0.717, 1.165) is 22.8 Å². The molecule has 0 heterocycles. The average molecular weight is 565 g/mol. The summed E-state index contributed by atoms with van der Waals surface area (Å²) in [6, 6.07) is 20.8. The number of benzene rings is 3. The fourth-order valence-electron chi connectivity index (χ4n) is 4.34. The van der Waals surface area contributed by atoms with E-state index < -0.39 is 27.4 Å². The molecule has 212 valence electrons. The number of rotatable bonds is 10. The first-order valence-electron chi connectivity index (χ1n) is 12.9. The Kier molecular flexibility index (Phi) is 9.48. The van der Waals surface area contributed by atoms with Gasteiger partial charge in [-0.05, 0) is 58.4 Å². The highest BCUT2D eigenvalue weighted by Gasteiger charge is 2.38. The lowest BCUT2D eigenvalue weighted by atomic mass is 9.76. The molecule has 0 aromatic heterocycles. The Morgan fingerprint density at radius 3 is 2.10 bits per heavy atom. The van der Waals surface area contributed by atoms with Crippen molar-refractivity contribution < 1.29 is 27.8 Å². The maximum Gasteiger partial charge on any atom is 0.421 e. The van der Waals surface area contributed by atoms with Crippen LogP contribution in [0.25, 0.3) is 0 Å². The van der Waals surface area contributed by atoms with Crippen molar-refractivity contribution in [3.05, 3.63) is 89.0 Å². The Hall–Kier alpha value is -4.03. The summed E-state index contributed by atoms with van der Waals surface area (Å²) in [6.07, 6.45) is -1.61.